The fourth-order valence-corrected chi connectivity index (χ4v) is 3.54. The van der Waals surface area contributed by atoms with E-state index < -0.39 is 0 Å². The maximum Gasteiger partial charge on any atom is 0.237 e. The van der Waals surface area contributed by atoms with E-state index in [1.807, 2.05) is 25.1 Å². The molecule has 1 aromatic carbocycles. The average molecular weight is 391 g/mol. The minimum atomic E-state index is -0.243. The normalized spacial score (nSPS) is 17.9. The van der Waals surface area contributed by atoms with Gasteiger partial charge in [0.05, 0.1) is 6.04 Å². The minimum Gasteiger partial charge on any atom is -0.454 e. The first-order valence-electron chi connectivity index (χ1n) is 9.87. The van der Waals surface area contributed by atoms with Gasteiger partial charge in [-0.15, -0.1) is 0 Å². The summed E-state index contributed by atoms with van der Waals surface area (Å²) in [5, 5.41) is 14.6. The van der Waals surface area contributed by atoms with E-state index >= 15 is 0 Å². The van der Waals surface area contributed by atoms with Crippen LogP contribution in [-0.2, 0) is 16.1 Å². The fourth-order valence-electron chi connectivity index (χ4n) is 3.54. The lowest BCUT2D eigenvalue weighted by Gasteiger charge is -2.34. The Morgan fingerprint density at radius 3 is 2.71 bits per heavy atom. The van der Waals surface area contributed by atoms with Crippen LogP contribution in [0.1, 0.15) is 31.7 Å². The molecule has 0 unspecified atom stereocenters. The van der Waals surface area contributed by atoms with Gasteiger partial charge in [0.1, 0.15) is 0 Å². The number of carbonyl (C=O) groups excluding carboxylic acids is 2. The lowest BCUT2D eigenvalue weighted by atomic mass is 9.95. The predicted octanol–water partition coefficient (Wildman–Crippen LogP) is 0.631. The number of amides is 2. The van der Waals surface area contributed by atoms with Crippen LogP contribution in [0.25, 0.3) is 0 Å². The van der Waals surface area contributed by atoms with Crippen LogP contribution in [0.15, 0.2) is 18.2 Å². The molecule has 8 heteroatoms. The number of nitrogens with zero attached hydrogens (tertiary/aromatic N) is 1. The third-order valence-corrected chi connectivity index (χ3v) is 5.37. The van der Waals surface area contributed by atoms with Crippen molar-refractivity contribution in [3.05, 3.63) is 23.8 Å². The molecule has 1 aromatic rings. The van der Waals surface area contributed by atoms with Crippen molar-refractivity contribution in [3.63, 3.8) is 0 Å². The van der Waals surface area contributed by atoms with Gasteiger partial charge in [-0.1, -0.05) is 6.07 Å². The lowest BCUT2D eigenvalue weighted by molar-refractivity contribution is -0.128. The van der Waals surface area contributed by atoms with Crippen LogP contribution in [-0.4, -0.2) is 60.9 Å². The van der Waals surface area contributed by atoms with Crippen molar-refractivity contribution in [3.8, 4) is 11.5 Å². The number of aliphatic hydroxyl groups is 1. The number of likely N-dealkylation sites (tertiary alicyclic amines) is 1. The molecule has 0 radical (unpaired) electrons. The van der Waals surface area contributed by atoms with Crippen molar-refractivity contribution < 1.29 is 24.2 Å². The van der Waals surface area contributed by atoms with E-state index in [1.54, 1.807) is 0 Å². The highest BCUT2D eigenvalue weighted by atomic mass is 16.7. The Hall–Kier alpha value is -2.32. The van der Waals surface area contributed by atoms with Crippen molar-refractivity contribution in [1.29, 1.82) is 0 Å². The molecule has 1 saturated heterocycles. The molecule has 2 amide bonds. The van der Waals surface area contributed by atoms with Crippen molar-refractivity contribution in [2.24, 2.45) is 5.92 Å². The molecule has 8 nitrogen and oxygen atoms in total. The smallest absolute Gasteiger partial charge is 0.237 e. The van der Waals surface area contributed by atoms with E-state index in [-0.39, 0.29) is 37.2 Å². The van der Waals surface area contributed by atoms with Crippen LogP contribution in [0.2, 0.25) is 0 Å². The Bertz CT molecular complexity index is 688. The number of hydrogen-bond acceptors (Lipinski definition) is 6. The van der Waals surface area contributed by atoms with E-state index in [9.17, 15) is 9.59 Å². The second-order valence-electron chi connectivity index (χ2n) is 7.26. The van der Waals surface area contributed by atoms with Crippen LogP contribution in [0.5, 0.6) is 11.5 Å². The topological polar surface area (TPSA) is 100 Å². The molecule has 0 saturated carbocycles. The zero-order valence-electron chi connectivity index (χ0n) is 16.3. The molecule has 3 N–H and O–H groups in total. The first-order chi connectivity index (χ1) is 13.6. The lowest BCUT2D eigenvalue weighted by Crippen LogP contribution is -2.49. The van der Waals surface area contributed by atoms with E-state index in [1.165, 1.54) is 0 Å². The molecule has 28 heavy (non-hydrogen) atoms. The van der Waals surface area contributed by atoms with Crippen LogP contribution in [0.4, 0.5) is 0 Å². The highest BCUT2D eigenvalue weighted by molar-refractivity contribution is 5.81. The summed E-state index contributed by atoms with van der Waals surface area (Å²) < 4.78 is 10.7. The number of fused-ring (bicyclic) bond motifs is 1. The first-order valence-corrected chi connectivity index (χ1v) is 9.87. The number of aliphatic hydroxyl groups excluding tert-OH is 1. The number of piperidine rings is 1. The van der Waals surface area contributed by atoms with Gasteiger partial charge in [0, 0.05) is 25.6 Å². The monoisotopic (exact) mass is 391 g/mol. The Morgan fingerprint density at radius 2 is 1.96 bits per heavy atom. The standard InChI is InChI=1S/C20H29N3O5/c1-14(23-8-5-16(6-9-23)20(26)21-7-2-10-24)19(25)22-12-15-3-4-17-18(11-15)28-13-27-17/h3-4,11,14,16,24H,2,5-10,12-13H2,1H3,(H,21,26)(H,22,25)/t14-/m0/s1. The number of nitrogens with one attached hydrogen (secondary N) is 2. The Balaban J connectivity index is 1.41. The molecule has 2 heterocycles. The summed E-state index contributed by atoms with van der Waals surface area (Å²) in [4.78, 5) is 26.8. The molecule has 1 atom stereocenters. The zero-order chi connectivity index (χ0) is 19.9. The number of hydrogen-bond donors (Lipinski definition) is 3. The second kappa shape index (κ2) is 9.75. The largest absolute Gasteiger partial charge is 0.454 e. The molecular formula is C20H29N3O5. The molecule has 0 aliphatic carbocycles. The van der Waals surface area contributed by atoms with Crippen LogP contribution in [0, 0.1) is 5.92 Å². The third kappa shape index (κ3) is 5.14. The average Bonchev–Trinajstić information content (AvgIpc) is 3.19. The predicted molar refractivity (Wildman–Crippen MR) is 103 cm³/mol. The number of rotatable bonds is 8. The van der Waals surface area contributed by atoms with Crippen molar-refractivity contribution in [2.75, 3.05) is 33.0 Å². The fraction of sp³-hybridized carbons (Fsp3) is 0.600. The number of ether oxygens (including phenoxy) is 2. The quantitative estimate of drug-likeness (QED) is 0.562. The van der Waals surface area contributed by atoms with Gasteiger partial charge in [-0.2, -0.15) is 0 Å². The SMILES string of the molecule is C[C@@H](C(=O)NCc1ccc2c(c1)OCO2)N1CCC(C(=O)NCCCO)CC1. The molecule has 2 aliphatic rings. The summed E-state index contributed by atoms with van der Waals surface area (Å²) in [5.41, 5.74) is 0.961. The van der Waals surface area contributed by atoms with Crippen LogP contribution >= 0.6 is 0 Å². The van der Waals surface area contributed by atoms with E-state index in [0.717, 1.165) is 37.2 Å². The summed E-state index contributed by atoms with van der Waals surface area (Å²) in [6.45, 7) is 4.59. The molecule has 2 aliphatic heterocycles. The minimum absolute atomic E-state index is 0.0150. The molecule has 0 aromatic heterocycles. The summed E-state index contributed by atoms with van der Waals surface area (Å²) in [6.07, 6.45) is 2.06. The molecule has 0 bridgehead atoms. The molecule has 154 valence electrons. The van der Waals surface area contributed by atoms with Crippen LogP contribution < -0.4 is 20.1 Å². The Kier molecular flexibility index (Phi) is 7.11. The summed E-state index contributed by atoms with van der Waals surface area (Å²) in [5.74, 6) is 1.45. The van der Waals surface area contributed by atoms with E-state index in [4.69, 9.17) is 14.6 Å². The molecule has 0 spiro atoms. The maximum atomic E-state index is 12.5. The van der Waals surface area contributed by atoms with Gasteiger partial charge >= 0.3 is 0 Å². The van der Waals surface area contributed by atoms with Gasteiger partial charge < -0.3 is 25.2 Å². The second-order valence-corrected chi connectivity index (χ2v) is 7.26. The Morgan fingerprint density at radius 1 is 1.21 bits per heavy atom. The molecule has 3 rings (SSSR count). The number of carbonyl (C=O) groups is 2. The van der Waals surface area contributed by atoms with Gasteiger partial charge in [0.2, 0.25) is 18.6 Å². The summed E-state index contributed by atoms with van der Waals surface area (Å²) in [6, 6.07) is 5.41. The van der Waals surface area contributed by atoms with E-state index in [2.05, 4.69) is 15.5 Å². The molecule has 1 fully saturated rings. The van der Waals surface area contributed by atoms with E-state index in [0.29, 0.717) is 25.3 Å². The van der Waals surface area contributed by atoms with Gasteiger partial charge in [0.25, 0.3) is 0 Å². The van der Waals surface area contributed by atoms with Gasteiger partial charge in [-0.3, -0.25) is 14.5 Å². The number of benzene rings is 1. The molecular weight excluding hydrogens is 362 g/mol. The van der Waals surface area contributed by atoms with Gasteiger partial charge in [-0.25, -0.2) is 0 Å². The zero-order valence-corrected chi connectivity index (χ0v) is 16.3. The maximum absolute atomic E-state index is 12.5. The highest BCUT2D eigenvalue weighted by Gasteiger charge is 2.29. The summed E-state index contributed by atoms with van der Waals surface area (Å²) >= 11 is 0. The van der Waals surface area contributed by atoms with Crippen LogP contribution in [0.3, 0.4) is 0 Å². The van der Waals surface area contributed by atoms with Crippen molar-refractivity contribution in [1.82, 2.24) is 15.5 Å². The van der Waals surface area contributed by atoms with Gasteiger partial charge in [0.15, 0.2) is 11.5 Å². The summed E-state index contributed by atoms with van der Waals surface area (Å²) in [7, 11) is 0. The van der Waals surface area contributed by atoms with Gasteiger partial charge in [-0.05, 0) is 57.0 Å². The highest BCUT2D eigenvalue weighted by Crippen LogP contribution is 2.32. The van der Waals surface area contributed by atoms with Crippen molar-refractivity contribution in [2.45, 2.75) is 38.8 Å². The van der Waals surface area contributed by atoms with Crippen molar-refractivity contribution >= 4 is 11.8 Å². The Labute approximate surface area is 165 Å². The third-order valence-electron chi connectivity index (χ3n) is 5.37. The first kappa shape index (κ1) is 20.4.